The van der Waals surface area contributed by atoms with Crippen molar-refractivity contribution in [2.45, 2.75) is 18.2 Å². The normalized spacial score (nSPS) is 18.1. The zero-order valence-electron chi connectivity index (χ0n) is 31.0. The third kappa shape index (κ3) is 4.92. The number of benzene rings is 7. The number of para-hydroxylation sites is 3. The lowest BCUT2D eigenvalue weighted by molar-refractivity contribution is 0.224. The third-order valence-corrected chi connectivity index (χ3v) is 11.9. The van der Waals surface area contributed by atoms with Gasteiger partial charge in [-0.2, -0.15) is 0 Å². The maximum absolute atomic E-state index is 6.81. The van der Waals surface area contributed by atoms with Gasteiger partial charge < -0.3 is 19.2 Å². The van der Waals surface area contributed by atoms with Crippen LogP contribution in [0.5, 0.6) is 5.75 Å². The lowest BCUT2D eigenvalue weighted by atomic mass is 9.85. The smallest absolute Gasteiger partial charge is 0.145 e. The second kappa shape index (κ2) is 12.6. The van der Waals surface area contributed by atoms with Gasteiger partial charge in [0.05, 0.1) is 28.0 Å². The SMILES string of the molecule is C1=CC2c3ccccc3OC2c2c1n(-c1ccccc1)c1c2ccc2c1c1ccccc1n2-c1ccc(C2=NC(c3ccccc3)NC(c3ccccc3)=C2)cc1. The molecule has 5 nitrogen and oxygen atoms in total. The summed E-state index contributed by atoms with van der Waals surface area (Å²) >= 11 is 0. The van der Waals surface area contributed by atoms with Crippen LogP contribution in [0.2, 0.25) is 0 Å². The summed E-state index contributed by atoms with van der Waals surface area (Å²) in [7, 11) is 0. The van der Waals surface area contributed by atoms with E-state index in [-0.39, 0.29) is 18.2 Å². The molecule has 270 valence electrons. The fourth-order valence-electron chi connectivity index (χ4n) is 9.38. The number of nitrogens with zero attached hydrogens (tertiary/aromatic N) is 3. The molecule has 0 saturated heterocycles. The molecule has 3 aliphatic rings. The molecule has 5 heteroatoms. The lowest BCUT2D eigenvalue weighted by Gasteiger charge is -2.25. The number of aliphatic imine (C=N–C) groups is 1. The van der Waals surface area contributed by atoms with Gasteiger partial charge in [-0.1, -0.05) is 140 Å². The van der Waals surface area contributed by atoms with Gasteiger partial charge in [0.2, 0.25) is 0 Å². The van der Waals surface area contributed by atoms with Crippen molar-refractivity contribution in [3.63, 3.8) is 0 Å². The van der Waals surface area contributed by atoms with Crippen LogP contribution in [-0.2, 0) is 0 Å². The molecule has 0 amide bonds. The predicted octanol–water partition coefficient (Wildman–Crippen LogP) is 12.1. The molecule has 2 aromatic heterocycles. The zero-order valence-corrected chi connectivity index (χ0v) is 31.0. The maximum Gasteiger partial charge on any atom is 0.145 e. The molecule has 1 aliphatic carbocycles. The van der Waals surface area contributed by atoms with Crippen molar-refractivity contribution in [2.24, 2.45) is 4.99 Å². The summed E-state index contributed by atoms with van der Waals surface area (Å²) < 4.78 is 11.7. The molecule has 1 N–H and O–H groups in total. The molecule has 0 fully saturated rings. The Morgan fingerprint density at radius 3 is 2.09 bits per heavy atom. The van der Waals surface area contributed by atoms with E-state index in [0.717, 1.165) is 50.7 Å². The Bertz CT molecular complexity index is 3120. The van der Waals surface area contributed by atoms with Crippen LogP contribution in [-0.4, -0.2) is 14.8 Å². The van der Waals surface area contributed by atoms with E-state index in [2.05, 4.69) is 203 Å². The van der Waals surface area contributed by atoms with Crippen molar-refractivity contribution >= 4 is 50.2 Å². The Kier molecular flexibility index (Phi) is 7.05. The topological polar surface area (TPSA) is 43.5 Å². The summed E-state index contributed by atoms with van der Waals surface area (Å²) in [5, 5.41) is 7.36. The number of allylic oxidation sites excluding steroid dienone is 1. The molecule has 12 rings (SSSR count). The van der Waals surface area contributed by atoms with Gasteiger partial charge >= 0.3 is 0 Å². The molecule has 4 heterocycles. The fraction of sp³-hybridized carbons (Fsp3) is 0.0577. The van der Waals surface area contributed by atoms with Gasteiger partial charge in [-0.05, 0) is 71.3 Å². The van der Waals surface area contributed by atoms with Gasteiger partial charge in [0.25, 0.3) is 0 Å². The van der Waals surface area contributed by atoms with Gasteiger partial charge in [0.15, 0.2) is 0 Å². The van der Waals surface area contributed by atoms with Crippen molar-refractivity contribution in [1.82, 2.24) is 14.5 Å². The average Bonchev–Trinajstić information content (AvgIpc) is 3.95. The molecule has 3 atom stereocenters. The van der Waals surface area contributed by atoms with Crippen molar-refractivity contribution in [3.05, 3.63) is 222 Å². The largest absolute Gasteiger partial charge is 0.484 e. The molecule has 7 aromatic carbocycles. The molecule has 0 saturated carbocycles. The Morgan fingerprint density at radius 2 is 1.26 bits per heavy atom. The van der Waals surface area contributed by atoms with E-state index in [1.807, 2.05) is 6.07 Å². The molecule has 9 aromatic rings. The van der Waals surface area contributed by atoms with Crippen LogP contribution >= 0.6 is 0 Å². The van der Waals surface area contributed by atoms with Crippen LogP contribution in [0.1, 0.15) is 51.7 Å². The molecular weight excluding hydrogens is 697 g/mol. The minimum atomic E-state index is -0.193. The van der Waals surface area contributed by atoms with Gasteiger partial charge in [0.1, 0.15) is 18.0 Å². The molecule has 2 aliphatic heterocycles. The first-order chi connectivity index (χ1) is 28.3. The van der Waals surface area contributed by atoms with Crippen LogP contribution in [0.4, 0.5) is 0 Å². The van der Waals surface area contributed by atoms with Crippen LogP contribution < -0.4 is 10.1 Å². The van der Waals surface area contributed by atoms with E-state index in [0.29, 0.717) is 0 Å². The molecule has 0 radical (unpaired) electrons. The number of ether oxygens (including phenoxy) is 1. The molecule has 0 spiro atoms. The number of hydrogen-bond acceptors (Lipinski definition) is 3. The molecule has 3 unspecified atom stereocenters. The minimum absolute atomic E-state index is 0.0935. The number of fused-ring (bicyclic) bond motifs is 11. The van der Waals surface area contributed by atoms with Crippen LogP contribution in [0.25, 0.3) is 55.9 Å². The third-order valence-electron chi connectivity index (χ3n) is 11.9. The zero-order chi connectivity index (χ0) is 37.5. The van der Waals surface area contributed by atoms with E-state index in [1.165, 1.54) is 44.0 Å². The van der Waals surface area contributed by atoms with Gasteiger partial charge in [-0.3, -0.25) is 4.99 Å². The quantitative estimate of drug-likeness (QED) is 0.191. The highest BCUT2D eigenvalue weighted by Crippen LogP contribution is 2.54. The number of aromatic nitrogens is 2. The summed E-state index contributed by atoms with van der Waals surface area (Å²) in [5.74, 6) is 1.15. The second-order valence-electron chi connectivity index (χ2n) is 15.1. The van der Waals surface area contributed by atoms with Crippen molar-refractivity contribution in [2.75, 3.05) is 0 Å². The lowest BCUT2D eigenvalue weighted by Crippen LogP contribution is -2.24. The first-order valence-corrected chi connectivity index (χ1v) is 19.7. The summed E-state index contributed by atoms with van der Waals surface area (Å²) in [5.41, 5.74) is 14.8. The Hall–Kier alpha value is -7.37. The van der Waals surface area contributed by atoms with E-state index < -0.39 is 0 Å². The molecular formula is C52H36N4O. The highest BCUT2D eigenvalue weighted by Gasteiger charge is 2.40. The van der Waals surface area contributed by atoms with Gasteiger partial charge in [-0.25, -0.2) is 0 Å². The molecule has 57 heavy (non-hydrogen) atoms. The predicted molar refractivity (Wildman–Crippen MR) is 232 cm³/mol. The minimum Gasteiger partial charge on any atom is -0.484 e. The van der Waals surface area contributed by atoms with E-state index in [4.69, 9.17) is 9.73 Å². The summed E-state index contributed by atoms with van der Waals surface area (Å²) in [6.07, 6.45) is 6.55. The van der Waals surface area contributed by atoms with Crippen LogP contribution in [0.15, 0.2) is 193 Å². The van der Waals surface area contributed by atoms with Crippen LogP contribution in [0.3, 0.4) is 0 Å². The Balaban J connectivity index is 1.04. The Morgan fingerprint density at radius 1 is 0.561 bits per heavy atom. The number of hydrogen-bond donors (Lipinski definition) is 1. The highest BCUT2D eigenvalue weighted by atomic mass is 16.5. The van der Waals surface area contributed by atoms with E-state index >= 15 is 0 Å². The number of rotatable bonds is 5. The summed E-state index contributed by atoms with van der Waals surface area (Å²) in [6.45, 7) is 0. The van der Waals surface area contributed by atoms with Gasteiger partial charge in [0, 0.05) is 50.3 Å². The monoisotopic (exact) mass is 732 g/mol. The standard InChI is InChI=1S/C52H36N4O/c1-4-14-33(15-5-1)42-32-43(54-52(53-42)35-16-6-2-7-17-35)34-24-26-37(27-25-34)55-44-22-12-10-21-40(44)48-45(55)31-29-41-49-46(56(50(41)48)36-18-8-3-9-19-36)30-28-39-38-20-11-13-23-47(38)57-51(39)49/h1-32,39,51-53H. The highest BCUT2D eigenvalue weighted by molar-refractivity contribution is 6.22. The van der Waals surface area contributed by atoms with Crippen molar-refractivity contribution < 1.29 is 4.74 Å². The van der Waals surface area contributed by atoms with E-state index in [1.54, 1.807) is 0 Å². The summed E-state index contributed by atoms with van der Waals surface area (Å²) in [4.78, 5) is 5.23. The second-order valence-corrected chi connectivity index (χ2v) is 15.1. The van der Waals surface area contributed by atoms with Gasteiger partial charge in [-0.15, -0.1) is 0 Å². The maximum atomic E-state index is 6.81. The van der Waals surface area contributed by atoms with Crippen LogP contribution in [0, 0.1) is 0 Å². The summed E-state index contributed by atoms with van der Waals surface area (Å²) in [6, 6.07) is 62.6. The Labute approximate surface area is 330 Å². The first kappa shape index (κ1) is 31.9. The number of nitrogens with one attached hydrogen (secondary N) is 1. The van der Waals surface area contributed by atoms with Crippen molar-refractivity contribution in [3.8, 4) is 17.1 Å². The fourth-order valence-corrected chi connectivity index (χ4v) is 9.38. The average molecular weight is 733 g/mol. The van der Waals surface area contributed by atoms with Crippen molar-refractivity contribution in [1.29, 1.82) is 0 Å². The van der Waals surface area contributed by atoms with E-state index in [9.17, 15) is 0 Å². The first-order valence-electron chi connectivity index (χ1n) is 19.7. The molecule has 0 bridgehead atoms.